The fraction of sp³-hybridized carbons (Fsp3) is 0.500. The first-order valence-corrected chi connectivity index (χ1v) is 4.11. The molecule has 0 aliphatic heterocycles. The fourth-order valence-electron chi connectivity index (χ4n) is 1.38. The Bertz CT molecular complexity index is 330. The predicted octanol–water partition coefficient (Wildman–Crippen LogP) is 1.98. The van der Waals surface area contributed by atoms with Crippen molar-refractivity contribution in [3.05, 3.63) is 33.7 Å². The number of hydrogen-bond donors (Lipinski definition) is 1. The Morgan fingerprint density at radius 3 is 2.33 bits per heavy atom. The SMILES string of the molecule is Cc1cc(=O)[nH]cc1C(C)(C)C. The lowest BCUT2D eigenvalue weighted by molar-refractivity contribution is 0.582. The Balaban J connectivity index is 3.28. The van der Waals surface area contributed by atoms with Crippen molar-refractivity contribution in [2.45, 2.75) is 33.1 Å². The van der Waals surface area contributed by atoms with E-state index in [1.165, 1.54) is 5.56 Å². The Morgan fingerprint density at radius 1 is 1.33 bits per heavy atom. The standard InChI is InChI=1S/C10H15NO/c1-7-5-9(12)11-6-8(7)10(2,3)4/h5-6H,1-4H3,(H,11,12). The molecule has 0 bridgehead atoms. The number of H-pyrrole nitrogens is 1. The molecule has 0 radical (unpaired) electrons. The number of nitrogens with one attached hydrogen (secondary N) is 1. The molecule has 2 nitrogen and oxygen atoms in total. The molecular weight excluding hydrogens is 150 g/mol. The third kappa shape index (κ3) is 1.76. The van der Waals surface area contributed by atoms with E-state index in [1.54, 1.807) is 12.3 Å². The first-order chi connectivity index (χ1) is 5.41. The van der Waals surface area contributed by atoms with E-state index in [2.05, 4.69) is 25.8 Å². The molecule has 0 unspecified atom stereocenters. The highest BCUT2D eigenvalue weighted by molar-refractivity contribution is 5.27. The Hall–Kier alpha value is -1.05. The largest absolute Gasteiger partial charge is 0.329 e. The summed E-state index contributed by atoms with van der Waals surface area (Å²) in [7, 11) is 0. The molecule has 12 heavy (non-hydrogen) atoms. The maximum atomic E-state index is 10.9. The lowest BCUT2D eigenvalue weighted by atomic mass is 9.85. The van der Waals surface area contributed by atoms with E-state index in [0.29, 0.717) is 0 Å². The molecule has 1 aromatic heterocycles. The van der Waals surface area contributed by atoms with Crippen LogP contribution in [0.3, 0.4) is 0 Å². The van der Waals surface area contributed by atoms with Crippen molar-refractivity contribution in [2.24, 2.45) is 0 Å². The van der Waals surface area contributed by atoms with Gasteiger partial charge in [0.2, 0.25) is 5.56 Å². The molecule has 0 aliphatic rings. The van der Waals surface area contributed by atoms with Gasteiger partial charge in [0.1, 0.15) is 0 Å². The highest BCUT2D eigenvalue weighted by atomic mass is 16.1. The van der Waals surface area contributed by atoms with Crippen LogP contribution < -0.4 is 5.56 Å². The number of aromatic amines is 1. The van der Waals surface area contributed by atoms with Crippen molar-refractivity contribution < 1.29 is 0 Å². The predicted molar refractivity (Wildman–Crippen MR) is 50.5 cm³/mol. The summed E-state index contributed by atoms with van der Waals surface area (Å²) in [6.07, 6.45) is 1.80. The Morgan fingerprint density at radius 2 is 1.92 bits per heavy atom. The van der Waals surface area contributed by atoms with E-state index >= 15 is 0 Å². The second-order valence-electron chi connectivity index (χ2n) is 4.14. The Kier molecular flexibility index (Phi) is 2.09. The van der Waals surface area contributed by atoms with Crippen molar-refractivity contribution in [1.29, 1.82) is 0 Å². The summed E-state index contributed by atoms with van der Waals surface area (Å²) >= 11 is 0. The van der Waals surface area contributed by atoms with E-state index in [-0.39, 0.29) is 11.0 Å². The van der Waals surface area contributed by atoms with E-state index in [4.69, 9.17) is 0 Å². The minimum Gasteiger partial charge on any atom is -0.329 e. The van der Waals surface area contributed by atoms with Crippen molar-refractivity contribution in [3.8, 4) is 0 Å². The molecule has 1 heterocycles. The van der Waals surface area contributed by atoms with Gasteiger partial charge in [-0.25, -0.2) is 0 Å². The molecule has 0 saturated carbocycles. The lowest BCUT2D eigenvalue weighted by Crippen LogP contribution is -2.17. The van der Waals surface area contributed by atoms with Crippen LogP contribution in [0.1, 0.15) is 31.9 Å². The fourth-order valence-corrected chi connectivity index (χ4v) is 1.38. The van der Waals surface area contributed by atoms with Gasteiger partial charge in [0.15, 0.2) is 0 Å². The van der Waals surface area contributed by atoms with Gasteiger partial charge >= 0.3 is 0 Å². The Labute approximate surface area is 72.6 Å². The van der Waals surface area contributed by atoms with E-state index in [0.717, 1.165) is 5.56 Å². The maximum Gasteiger partial charge on any atom is 0.248 e. The van der Waals surface area contributed by atoms with E-state index < -0.39 is 0 Å². The van der Waals surface area contributed by atoms with Crippen molar-refractivity contribution >= 4 is 0 Å². The number of aryl methyl sites for hydroxylation is 1. The van der Waals surface area contributed by atoms with Crippen LogP contribution >= 0.6 is 0 Å². The number of hydrogen-bond acceptors (Lipinski definition) is 1. The van der Waals surface area contributed by atoms with Crippen LogP contribution in [0.5, 0.6) is 0 Å². The first-order valence-electron chi connectivity index (χ1n) is 4.11. The molecule has 0 fully saturated rings. The smallest absolute Gasteiger partial charge is 0.248 e. The number of pyridine rings is 1. The van der Waals surface area contributed by atoms with Gasteiger partial charge in [-0.15, -0.1) is 0 Å². The quantitative estimate of drug-likeness (QED) is 0.626. The van der Waals surface area contributed by atoms with Crippen LogP contribution in [0.4, 0.5) is 0 Å². The average Bonchev–Trinajstić information content (AvgIpc) is 1.83. The molecule has 1 rings (SSSR count). The van der Waals surface area contributed by atoms with E-state index in [1.807, 2.05) is 6.92 Å². The van der Waals surface area contributed by atoms with Crippen LogP contribution in [0.25, 0.3) is 0 Å². The van der Waals surface area contributed by atoms with Crippen molar-refractivity contribution in [2.75, 3.05) is 0 Å². The second-order valence-corrected chi connectivity index (χ2v) is 4.14. The zero-order valence-corrected chi connectivity index (χ0v) is 8.06. The summed E-state index contributed by atoms with van der Waals surface area (Å²) in [5.41, 5.74) is 2.34. The van der Waals surface area contributed by atoms with Crippen molar-refractivity contribution in [1.82, 2.24) is 4.98 Å². The summed E-state index contributed by atoms with van der Waals surface area (Å²) in [6.45, 7) is 8.37. The highest BCUT2D eigenvalue weighted by Crippen LogP contribution is 2.23. The summed E-state index contributed by atoms with van der Waals surface area (Å²) < 4.78 is 0. The van der Waals surface area contributed by atoms with Crippen LogP contribution in [-0.4, -0.2) is 4.98 Å². The number of rotatable bonds is 0. The molecule has 1 aromatic rings. The van der Waals surface area contributed by atoms with Gasteiger partial charge in [0.05, 0.1) is 0 Å². The first kappa shape index (κ1) is 9.04. The molecule has 0 aromatic carbocycles. The van der Waals surface area contributed by atoms with Gasteiger partial charge in [-0.2, -0.15) is 0 Å². The normalized spacial score (nSPS) is 11.7. The zero-order valence-electron chi connectivity index (χ0n) is 8.06. The third-order valence-corrected chi connectivity index (χ3v) is 1.94. The molecule has 0 atom stereocenters. The zero-order chi connectivity index (χ0) is 9.35. The van der Waals surface area contributed by atoms with Crippen LogP contribution in [0.15, 0.2) is 17.1 Å². The van der Waals surface area contributed by atoms with Gasteiger partial charge in [-0.05, 0) is 23.5 Å². The molecule has 0 amide bonds. The summed E-state index contributed by atoms with van der Waals surface area (Å²) in [5, 5.41) is 0. The topological polar surface area (TPSA) is 32.9 Å². The maximum absolute atomic E-state index is 10.9. The van der Waals surface area contributed by atoms with Crippen LogP contribution in [-0.2, 0) is 5.41 Å². The van der Waals surface area contributed by atoms with Gasteiger partial charge in [0, 0.05) is 12.3 Å². The molecule has 0 spiro atoms. The lowest BCUT2D eigenvalue weighted by Gasteiger charge is -2.20. The second kappa shape index (κ2) is 2.77. The van der Waals surface area contributed by atoms with E-state index in [9.17, 15) is 4.79 Å². The van der Waals surface area contributed by atoms with Crippen molar-refractivity contribution in [3.63, 3.8) is 0 Å². The molecule has 66 valence electrons. The molecular formula is C10H15NO. The molecule has 2 heteroatoms. The monoisotopic (exact) mass is 165 g/mol. The summed E-state index contributed by atoms with van der Waals surface area (Å²) in [5.74, 6) is 0. The van der Waals surface area contributed by atoms with Gasteiger partial charge < -0.3 is 4.98 Å². The summed E-state index contributed by atoms with van der Waals surface area (Å²) in [4.78, 5) is 13.6. The molecule has 0 saturated heterocycles. The summed E-state index contributed by atoms with van der Waals surface area (Å²) in [6, 6.07) is 1.64. The highest BCUT2D eigenvalue weighted by Gasteiger charge is 2.15. The third-order valence-electron chi connectivity index (χ3n) is 1.94. The molecule has 1 N–H and O–H groups in total. The van der Waals surface area contributed by atoms with Crippen LogP contribution in [0.2, 0.25) is 0 Å². The number of aromatic nitrogens is 1. The van der Waals surface area contributed by atoms with Gasteiger partial charge in [-0.1, -0.05) is 20.8 Å². The van der Waals surface area contributed by atoms with Gasteiger partial charge in [-0.3, -0.25) is 4.79 Å². The minimum atomic E-state index is -0.0273. The average molecular weight is 165 g/mol. The minimum absolute atomic E-state index is 0.0273. The molecule has 0 aliphatic carbocycles. The van der Waals surface area contributed by atoms with Gasteiger partial charge in [0.25, 0.3) is 0 Å². The van der Waals surface area contributed by atoms with Crippen LogP contribution in [0, 0.1) is 6.92 Å².